The quantitative estimate of drug-likeness (QED) is 0.717. The number of ether oxygens (including phenoxy) is 1. The summed E-state index contributed by atoms with van der Waals surface area (Å²) in [6, 6.07) is 4.25. The van der Waals surface area contributed by atoms with Crippen LogP contribution in [-0.4, -0.2) is 11.1 Å². The number of nitriles is 1. The third-order valence-electron chi connectivity index (χ3n) is 1.22. The lowest BCUT2D eigenvalue weighted by molar-refractivity contribution is -0.161. The predicted octanol–water partition coefficient (Wildman–Crippen LogP) is 2.60. The number of hydrogen-bond donors (Lipinski definition) is 0. The fraction of sp³-hybridized carbons (Fsp3) is 0.250. The van der Waals surface area contributed by atoms with Crippen LogP contribution in [0.4, 0.5) is 8.78 Å². The van der Waals surface area contributed by atoms with Gasteiger partial charge in [-0.2, -0.15) is 14.0 Å². The number of hydrogen-bond acceptors (Lipinski definition) is 3. The van der Waals surface area contributed by atoms with E-state index >= 15 is 0 Å². The first kappa shape index (κ1) is 10.7. The van der Waals surface area contributed by atoms with Gasteiger partial charge in [-0.15, -0.1) is 0 Å². The lowest BCUT2D eigenvalue weighted by atomic mass is 10.3. The zero-order chi connectivity index (χ0) is 10.8. The van der Waals surface area contributed by atoms with E-state index in [9.17, 15) is 8.78 Å². The zero-order valence-corrected chi connectivity index (χ0v) is 7.85. The maximum Gasteiger partial charge on any atom is 0.396 e. The van der Waals surface area contributed by atoms with Gasteiger partial charge in [0, 0.05) is 6.92 Å². The van der Waals surface area contributed by atoms with E-state index in [0.717, 1.165) is 0 Å². The van der Waals surface area contributed by atoms with Crippen LogP contribution in [0.25, 0.3) is 0 Å². The van der Waals surface area contributed by atoms with E-state index in [2.05, 4.69) is 9.72 Å². The molecule has 0 aliphatic rings. The smallest absolute Gasteiger partial charge is 0.396 e. The van der Waals surface area contributed by atoms with E-state index in [1.807, 2.05) is 0 Å². The highest BCUT2D eigenvalue weighted by molar-refractivity contribution is 6.29. The molecule has 14 heavy (non-hydrogen) atoms. The van der Waals surface area contributed by atoms with Crippen molar-refractivity contribution in [1.29, 1.82) is 5.26 Å². The van der Waals surface area contributed by atoms with Crippen molar-refractivity contribution >= 4 is 11.6 Å². The minimum atomic E-state index is -3.39. The molecule has 1 heterocycles. The third kappa shape index (κ3) is 2.82. The van der Waals surface area contributed by atoms with Crippen LogP contribution >= 0.6 is 11.6 Å². The van der Waals surface area contributed by atoms with Gasteiger partial charge in [0.25, 0.3) is 0 Å². The predicted molar refractivity (Wildman–Crippen MR) is 45.2 cm³/mol. The molecule has 0 spiro atoms. The van der Waals surface area contributed by atoms with Crippen LogP contribution in [0.5, 0.6) is 5.88 Å². The lowest BCUT2D eigenvalue weighted by Crippen LogP contribution is -2.20. The molecule has 0 aliphatic carbocycles. The van der Waals surface area contributed by atoms with Crippen molar-refractivity contribution < 1.29 is 13.5 Å². The number of pyridine rings is 1. The van der Waals surface area contributed by atoms with Gasteiger partial charge in [0.15, 0.2) is 0 Å². The highest BCUT2D eigenvalue weighted by atomic mass is 35.5. The molecule has 1 rings (SSSR count). The molecule has 0 radical (unpaired) electrons. The Balaban J connectivity index is 3.07. The summed E-state index contributed by atoms with van der Waals surface area (Å²) in [5.41, 5.74) is -0.0871. The summed E-state index contributed by atoms with van der Waals surface area (Å²) >= 11 is 5.46. The molecule has 6 heteroatoms. The van der Waals surface area contributed by atoms with E-state index < -0.39 is 12.0 Å². The monoisotopic (exact) mass is 218 g/mol. The molecular formula is C8H5ClF2N2O. The van der Waals surface area contributed by atoms with Gasteiger partial charge in [0.2, 0.25) is 5.88 Å². The number of alkyl halides is 2. The van der Waals surface area contributed by atoms with E-state index in [1.54, 1.807) is 6.07 Å². The van der Waals surface area contributed by atoms with E-state index in [0.29, 0.717) is 6.92 Å². The molecule has 0 aromatic carbocycles. The molecule has 0 saturated heterocycles. The first-order valence-electron chi connectivity index (χ1n) is 3.56. The Morgan fingerprint density at radius 1 is 1.57 bits per heavy atom. The first-order chi connectivity index (χ1) is 6.42. The molecule has 0 amide bonds. The molecule has 0 fully saturated rings. The van der Waals surface area contributed by atoms with Crippen molar-refractivity contribution in [2.24, 2.45) is 0 Å². The fourth-order valence-corrected chi connectivity index (χ4v) is 0.890. The second kappa shape index (κ2) is 3.76. The second-order valence-corrected chi connectivity index (χ2v) is 2.90. The van der Waals surface area contributed by atoms with Crippen molar-refractivity contribution in [3.05, 3.63) is 22.8 Å². The van der Waals surface area contributed by atoms with Crippen molar-refractivity contribution in [1.82, 2.24) is 4.98 Å². The molecule has 74 valence electrons. The fourth-order valence-electron chi connectivity index (χ4n) is 0.751. The van der Waals surface area contributed by atoms with Gasteiger partial charge in [-0.05, 0) is 12.1 Å². The van der Waals surface area contributed by atoms with Crippen LogP contribution in [0, 0.1) is 11.3 Å². The number of rotatable bonds is 2. The molecule has 0 aliphatic heterocycles. The average molecular weight is 219 g/mol. The number of aromatic nitrogens is 1. The highest BCUT2D eigenvalue weighted by Crippen LogP contribution is 2.24. The summed E-state index contributed by atoms with van der Waals surface area (Å²) in [6.45, 7) is 0.552. The van der Waals surface area contributed by atoms with Crippen LogP contribution in [0.3, 0.4) is 0 Å². The number of halogens is 3. The molecule has 0 N–H and O–H groups in total. The largest absolute Gasteiger partial charge is 0.413 e. The summed E-state index contributed by atoms with van der Waals surface area (Å²) < 4.78 is 29.0. The van der Waals surface area contributed by atoms with Gasteiger partial charge in [-0.3, -0.25) is 0 Å². The van der Waals surface area contributed by atoms with Gasteiger partial charge in [-0.1, -0.05) is 11.6 Å². The minimum absolute atomic E-state index is 0.0109. The third-order valence-corrected chi connectivity index (χ3v) is 1.43. The second-order valence-electron chi connectivity index (χ2n) is 2.51. The van der Waals surface area contributed by atoms with Crippen molar-refractivity contribution in [2.75, 3.05) is 0 Å². The Morgan fingerprint density at radius 2 is 2.21 bits per heavy atom. The Bertz CT molecular complexity index is 384. The van der Waals surface area contributed by atoms with Crippen LogP contribution in [0.2, 0.25) is 5.15 Å². The summed E-state index contributed by atoms with van der Waals surface area (Å²) in [4.78, 5) is 3.47. The Kier molecular flexibility index (Phi) is 2.87. The van der Waals surface area contributed by atoms with Gasteiger partial charge in [0.1, 0.15) is 16.8 Å². The average Bonchev–Trinajstić information content (AvgIpc) is 2.01. The molecule has 3 nitrogen and oxygen atoms in total. The van der Waals surface area contributed by atoms with Gasteiger partial charge in [0.05, 0.1) is 0 Å². The highest BCUT2D eigenvalue weighted by Gasteiger charge is 2.25. The zero-order valence-electron chi connectivity index (χ0n) is 7.09. The van der Waals surface area contributed by atoms with Crippen molar-refractivity contribution in [2.45, 2.75) is 13.0 Å². The normalized spacial score (nSPS) is 10.8. The standard InChI is InChI=1S/C8H5ClF2N2O/c1-8(10,11)14-7-5(4-12)2-3-6(9)13-7/h2-3H,1H3. The molecule has 0 unspecified atom stereocenters. The van der Waals surface area contributed by atoms with Crippen LogP contribution in [0.1, 0.15) is 12.5 Å². The maximum absolute atomic E-state index is 12.4. The van der Waals surface area contributed by atoms with Gasteiger partial charge >= 0.3 is 6.11 Å². The van der Waals surface area contributed by atoms with E-state index in [1.165, 1.54) is 12.1 Å². The Hall–Kier alpha value is -1.41. The molecule has 0 atom stereocenters. The molecule has 1 aromatic heterocycles. The van der Waals surface area contributed by atoms with E-state index in [4.69, 9.17) is 16.9 Å². The van der Waals surface area contributed by atoms with Crippen molar-refractivity contribution in [3.8, 4) is 11.9 Å². The summed E-state index contributed by atoms with van der Waals surface area (Å²) in [5.74, 6) is -0.465. The van der Waals surface area contributed by atoms with Gasteiger partial charge in [-0.25, -0.2) is 4.98 Å². The van der Waals surface area contributed by atoms with Crippen LogP contribution in [-0.2, 0) is 0 Å². The van der Waals surface area contributed by atoms with Crippen molar-refractivity contribution in [3.63, 3.8) is 0 Å². The molecule has 1 aromatic rings. The lowest BCUT2D eigenvalue weighted by Gasteiger charge is -2.12. The van der Waals surface area contributed by atoms with Crippen LogP contribution in [0.15, 0.2) is 12.1 Å². The molecular weight excluding hydrogens is 214 g/mol. The first-order valence-corrected chi connectivity index (χ1v) is 3.93. The number of nitrogens with zero attached hydrogens (tertiary/aromatic N) is 2. The van der Waals surface area contributed by atoms with Crippen LogP contribution < -0.4 is 4.74 Å². The topological polar surface area (TPSA) is 45.9 Å². The maximum atomic E-state index is 12.4. The minimum Gasteiger partial charge on any atom is -0.413 e. The summed E-state index contributed by atoms with van der Waals surface area (Å²) in [6.07, 6.45) is -3.39. The molecule has 0 bridgehead atoms. The SMILES string of the molecule is CC(F)(F)Oc1nc(Cl)ccc1C#N. The Morgan fingerprint density at radius 3 is 2.71 bits per heavy atom. The molecule has 0 saturated carbocycles. The van der Waals surface area contributed by atoms with E-state index in [-0.39, 0.29) is 10.7 Å². The summed E-state index contributed by atoms with van der Waals surface area (Å²) in [7, 11) is 0. The summed E-state index contributed by atoms with van der Waals surface area (Å²) in [5, 5.41) is 8.54. The van der Waals surface area contributed by atoms with Gasteiger partial charge < -0.3 is 4.74 Å². The Labute approximate surface area is 83.9 Å².